The summed E-state index contributed by atoms with van der Waals surface area (Å²) in [5.74, 6) is 0.0638. The van der Waals surface area contributed by atoms with Crippen molar-refractivity contribution in [3.05, 3.63) is 52.8 Å². The van der Waals surface area contributed by atoms with Gasteiger partial charge >= 0.3 is 0 Å². The van der Waals surface area contributed by atoms with Crippen LogP contribution in [0.5, 0.6) is 0 Å². The van der Waals surface area contributed by atoms with Gasteiger partial charge in [-0.25, -0.2) is 0 Å². The molecule has 0 aliphatic rings. The van der Waals surface area contributed by atoms with Gasteiger partial charge in [-0.2, -0.15) is 5.10 Å². The maximum absolute atomic E-state index is 12.1. The molecule has 0 aliphatic heterocycles. The molecule has 0 saturated heterocycles. The average Bonchev–Trinajstić information content (AvgIpc) is 2.74. The van der Waals surface area contributed by atoms with Crippen LogP contribution in [0.1, 0.15) is 15.9 Å². The second kappa shape index (κ2) is 5.99. The molecule has 2 rings (SSSR count). The molecule has 0 N–H and O–H groups in total. The van der Waals surface area contributed by atoms with Crippen LogP contribution in [0.2, 0.25) is 5.02 Å². The summed E-state index contributed by atoms with van der Waals surface area (Å²) in [7, 11) is 3.79. The molecule has 4 nitrogen and oxygen atoms in total. The van der Waals surface area contributed by atoms with E-state index >= 15 is 0 Å². The predicted octanol–water partition coefficient (Wildman–Crippen LogP) is 2.39. The van der Waals surface area contributed by atoms with Gasteiger partial charge < -0.3 is 0 Å². The number of hydrogen-bond donors (Lipinski definition) is 0. The Bertz CT molecular complexity index is 580. The summed E-state index contributed by atoms with van der Waals surface area (Å²) in [6.07, 6.45) is 3.75. The van der Waals surface area contributed by atoms with E-state index in [2.05, 4.69) is 5.10 Å². The number of hydrogen-bond acceptors (Lipinski definition) is 3. The highest BCUT2D eigenvalue weighted by Gasteiger charge is 2.10. The number of carbonyl (C=O) groups is 1. The molecular formula is C14H16ClN3O. The van der Waals surface area contributed by atoms with Gasteiger partial charge in [0.25, 0.3) is 0 Å². The molecule has 0 fully saturated rings. The third kappa shape index (κ3) is 3.91. The maximum Gasteiger partial charge on any atom is 0.176 e. The highest BCUT2D eigenvalue weighted by Crippen LogP contribution is 2.12. The summed E-state index contributed by atoms with van der Waals surface area (Å²) in [6.45, 7) is 1.05. The third-order valence-corrected chi connectivity index (χ3v) is 3.01. The summed E-state index contributed by atoms with van der Waals surface area (Å²) in [6, 6.07) is 7.03. The topological polar surface area (TPSA) is 38.1 Å². The first-order valence-corrected chi connectivity index (χ1v) is 6.37. The van der Waals surface area contributed by atoms with Gasteiger partial charge in [-0.05, 0) is 19.2 Å². The van der Waals surface area contributed by atoms with Crippen molar-refractivity contribution >= 4 is 17.4 Å². The SMILES string of the molecule is CN(CC(=O)c1cccc(Cl)c1)Cc1cnn(C)c1. The second-order valence-electron chi connectivity index (χ2n) is 4.63. The van der Waals surface area contributed by atoms with Gasteiger partial charge in [0.15, 0.2) is 5.78 Å². The van der Waals surface area contributed by atoms with E-state index in [1.165, 1.54) is 0 Å². The number of ketones is 1. The lowest BCUT2D eigenvalue weighted by Gasteiger charge is -2.14. The molecule has 1 heterocycles. The molecule has 0 unspecified atom stereocenters. The molecule has 1 aromatic heterocycles. The second-order valence-corrected chi connectivity index (χ2v) is 5.06. The van der Waals surface area contributed by atoms with Crippen LogP contribution in [-0.4, -0.2) is 34.1 Å². The van der Waals surface area contributed by atoms with Gasteiger partial charge in [0, 0.05) is 35.9 Å². The summed E-state index contributed by atoms with van der Waals surface area (Å²) in [5.41, 5.74) is 1.73. The summed E-state index contributed by atoms with van der Waals surface area (Å²) >= 11 is 5.88. The molecule has 19 heavy (non-hydrogen) atoms. The first kappa shape index (κ1) is 13.8. The van der Waals surface area contributed by atoms with Crippen LogP contribution in [0.15, 0.2) is 36.7 Å². The summed E-state index contributed by atoms with van der Waals surface area (Å²) < 4.78 is 1.75. The largest absolute Gasteiger partial charge is 0.294 e. The van der Waals surface area contributed by atoms with Gasteiger partial charge in [0.05, 0.1) is 12.7 Å². The van der Waals surface area contributed by atoms with Crippen LogP contribution >= 0.6 is 11.6 Å². The molecule has 100 valence electrons. The standard InChI is InChI=1S/C14H16ClN3O/c1-17(8-11-7-16-18(2)9-11)10-14(19)12-4-3-5-13(15)6-12/h3-7,9H,8,10H2,1-2H3. The number of benzene rings is 1. The fourth-order valence-corrected chi connectivity index (χ4v) is 2.11. The molecule has 0 aliphatic carbocycles. The quantitative estimate of drug-likeness (QED) is 0.788. The number of halogens is 1. The minimum Gasteiger partial charge on any atom is -0.294 e. The molecule has 0 bridgehead atoms. The zero-order valence-electron chi connectivity index (χ0n) is 11.0. The smallest absolute Gasteiger partial charge is 0.176 e. The molecule has 0 radical (unpaired) electrons. The Hall–Kier alpha value is -1.65. The van der Waals surface area contributed by atoms with Crippen LogP contribution in [0.4, 0.5) is 0 Å². The first-order chi connectivity index (χ1) is 9.04. The highest BCUT2D eigenvalue weighted by molar-refractivity contribution is 6.31. The van der Waals surface area contributed by atoms with Crippen LogP contribution in [0.3, 0.4) is 0 Å². The van der Waals surface area contributed by atoms with Crippen molar-refractivity contribution in [3.8, 4) is 0 Å². The summed E-state index contributed by atoms with van der Waals surface area (Å²) in [5, 5.41) is 4.69. The van der Waals surface area contributed by atoms with Crippen molar-refractivity contribution in [2.75, 3.05) is 13.6 Å². The van der Waals surface area contributed by atoms with Crippen molar-refractivity contribution in [2.24, 2.45) is 7.05 Å². The number of carbonyl (C=O) groups excluding carboxylic acids is 1. The van der Waals surface area contributed by atoms with Gasteiger partial charge in [-0.3, -0.25) is 14.4 Å². The third-order valence-electron chi connectivity index (χ3n) is 2.77. The van der Waals surface area contributed by atoms with Gasteiger partial charge in [-0.1, -0.05) is 23.7 Å². The van der Waals surface area contributed by atoms with Crippen LogP contribution in [0, 0.1) is 0 Å². The molecule has 2 aromatic rings. The van der Waals surface area contributed by atoms with Crippen molar-refractivity contribution < 1.29 is 4.79 Å². The van der Waals surface area contributed by atoms with Crippen molar-refractivity contribution in [1.82, 2.24) is 14.7 Å². The van der Waals surface area contributed by atoms with Crippen LogP contribution in [-0.2, 0) is 13.6 Å². The maximum atomic E-state index is 12.1. The van der Waals surface area contributed by atoms with Crippen molar-refractivity contribution in [2.45, 2.75) is 6.54 Å². The Morgan fingerprint density at radius 2 is 2.26 bits per heavy atom. The first-order valence-electron chi connectivity index (χ1n) is 5.99. The van der Waals surface area contributed by atoms with E-state index in [9.17, 15) is 4.79 Å². The number of rotatable bonds is 5. The molecule has 0 amide bonds. The number of aromatic nitrogens is 2. The van der Waals surface area contributed by atoms with Gasteiger partial charge in [0.1, 0.15) is 0 Å². The zero-order valence-corrected chi connectivity index (χ0v) is 11.8. The normalized spacial score (nSPS) is 10.9. The van der Waals surface area contributed by atoms with Crippen LogP contribution < -0.4 is 0 Å². The average molecular weight is 278 g/mol. The molecular weight excluding hydrogens is 262 g/mol. The molecule has 0 atom stereocenters. The van der Waals surface area contributed by atoms with Gasteiger partial charge in [0.2, 0.25) is 0 Å². The van der Waals surface area contributed by atoms with E-state index in [-0.39, 0.29) is 5.78 Å². The fraction of sp³-hybridized carbons (Fsp3) is 0.286. The molecule has 5 heteroatoms. The fourth-order valence-electron chi connectivity index (χ4n) is 1.92. The number of nitrogens with zero attached hydrogens (tertiary/aromatic N) is 3. The molecule has 1 aromatic carbocycles. The number of aryl methyl sites for hydroxylation is 1. The molecule has 0 saturated carbocycles. The molecule has 0 spiro atoms. The van der Waals surface area contributed by atoms with E-state index in [4.69, 9.17) is 11.6 Å². The van der Waals surface area contributed by atoms with E-state index in [0.717, 1.165) is 5.56 Å². The lowest BCUT2D eigenvalue weighted by atomic mass is 10.1. The predicted molar refractivity (Wildman–Crippen MR) is 75.3 cm³/mol. The van der Waals surface area contributed by atoms with E-state index in [1.807, 2.05) is 25.2 Å². The van der Waals surface area contributed by atoms with E-state index in [0.29, 0.717) is 23.7 Å². The summed E-state index contributed by atoms with van der Waals surface area (Å²) in [4.78, 5) is 14.0. The van der Waals surface area contributed by atoms with E-state index in [1.54, 1.807) is 35.1 Å². The minimum absolute atomic E-state index is 0.0638. The zero-order chi connectivity index (χ0) is 13.8. The lowest BCUT2D eigenvalue weighted by Crippen LogP contribution is -2.25. The Morgan fingerprint density at radius 1 is 1.47 bits per heavy atom. The Morgan fingerprint density at radius 3 is 2.89 bits per heavy atom. The van der Waals surface area contributed by atoms with E-state index < -0.39 is 0 Å². The Kier molecular flexibility index (Phi) is 4.35. The number of Topliss-reactive ketones (excluding diaryl/α,β-unsaturated/α-hetero) is 1. The van der Waals surface area contributed by atoms with Crippen LogP contribution in [0.25, 0.3) is 0 Å². The Balaban J connectivity index is 1.95. The van der Waals surface area contributed by atoms with Crippen molar-refractivity contribution in [3.63, 3.8) is 0 Å². The van der Waals surface area contributed by atoms with Crippen molar-refractivity contribution in [1.29, 1.82) is 0 Å². The number of likely N-dealkylation sites (N-methyl/N-ethyl adjacent to an activating group) is 1. The lowest BCUT2D eigenvalue weighted by molar-refractivity contribution is 0.0943. The Labute approximate surface area is 117 Å². The minimum atomic E-state index is 0.0638. The van der Waals surface area contributed by atoms with Gasteiger partial charge in [-0.15, -0.1) is 0 Å². The highest BCUT2D eigenvalue weighted by atomic mass is 35.5. The monoisotopic (exact) mass is 277 g/mol.